The molecular weight excluding hydrogens is 1270 g/mol. The van der Waals surface area contributed by atoms with Gasteiger partial charge in [0.05, 0.1) is 48.9 Å². The molecule has 0 aliphatic carbocycles. The largest absolute Gasteiger partial charge is 0.460 e. The van der Waals surface area contributed by atoms with Crippen molar-refractivity contribution in [3.63, 3.8) is 0 Å². The highest BCUT2D eigenvalue weighted by molar-refractivity contribution is 7.91. The Bertz CT molecular complexity index is 3740. The summed E-state index contributed by atoms with van der Waals surface area (Å²) in [5.41, 5.74) is 2.63. The lowest BCUT2D eigenvalue weighted by Gasteiger charge is -2.51. The fourth-order valence-corrected chi connectivity index (χ4v) is 25.9. The summed E-state index contributed by atoms with van der Waals surface area (Å²) in [5, 5.41) is 26.3. The third-order valence-electron chi connectivity index (χ3n) is 16.6. The minimum absolute atomic E-state index is 0.0142. The number of aliphatic hydroxyl groups is 2. The van der Waals surface area contributed by atoms with E-state index in [1.807, 2.05) is 6.07 Å². The molecule has 9 heterocycles. The van der Waals surface area contributed by atoms with Crippen LogP contribution in [0.25, 0.3) is 22.3 Å². The van der Waals surface area contributed by atoms with Gasteiger partial charge in [0.1, 0.15) is 37.1 Å². The van der Waals surface area contributed by atoms with Gasteiger partial charge in [0.15, 0.2) is 78.3 Å². The second-order valence-corrected chi connectivity index (χ2v) is 37.7. The van der Waals surface area contributed by atoms with Gasteiger partial charge in [0.2, 0.25) is 0 Å². The van der Waals surface area contributed by atoms with Gasteiger partial charge >= 0.3 is 17.1 Å². The molecule has 0 bridgehead atoms. The van der Waals surface area contributed by atoms with E-state index in [-0.39, 0.29) is 123 Å². The zero-order valence-electron chi connectivity index (χ0n) is 50.4. The maximum atomic E-state index is 13.1. The highest BCUT2D eigenvalue weighted by atomic mass is 32.2. The van der Waals surface area contributed by atoms with E-state index in [1.165, 1.54) is 23.5 Å². The molecule has 2 amide bonds. The number of anilines is 2. The van der Waals surface area contributed by atoms with Crippen molar-refractivity contribution in [3.8, 4) is 0 Å². The van der Waals surface area contributed by atoms with E-state index in [1.54, 1.807) is 75.3 Å². The summed E-state index contributed by atoms with van der Waals surface area (Å²) < 4.78 is 98.5. The van der Waals surface area contributed by atoms with E-state index in [9.17, 15) is 36.6 Å². The molecule has 480 valence electrons. The molecule has 0 radical (unpaired) electrons. The first kappa shape index (κ1) is 65.9. The molecule has 4 aromatic heterocycles. The van der Waals surface area contributed by atoms with Crippen molar-refractivity contribution < 1.29 is 68.6 Å². The van der Waals surface area contributed by atoms with Crippen LogP contribution in [0.4, 0.5) is 11.6 Å². The number of rotatable bonds is 13. The molecular formula is C56H74N12O15S4Si2. The lowest BCUT2D eigenvalue weighted by Crippen LogP contribution is -2.66. The Kier molecular flexibility index (Phi) is 20.0. The maximum absolute atomic E-state index is 13.1. The van der Waals surface area contributed by atoms with Gasteiger partial charge in [0, 0.05) is 37.3 Å². The molecule has 5 saturated heterocycles. The minimum atomic E-state index is -3.15. The number of fused-ring (bicyclic) bond motifs is 3. The third-order valence-corrected chi connectivity index (χ3v) is 30.8. The Balaban J connectivity index is 0.000000207. The molecule has 2 unspecified atom stereocenters. The summed E-state index contributed by atoms with van der Waals surface area (Å²) in [5.74, 6) is -0.423. The summed E-state index contributed by atoms with van der Waals surface area (Å²) in [6.45, 7) is 17.8. The molecule has 5 aliphatic heterocycles. The Morgan fingerprint density at radius 3 is 1.48 bits per heavy atom. The molecule has 11 rings (SSSR count). The Morgan fingerprint density at radius 1 is 0.629 bits per heavy atom. The van der Waals surface area contributed by atoms with E-state index < -0.39 is 92.5 Å². The average Bonchev–Trinajstić information content (AvgIpc) is 1.80. The van der Waals surface area contributed by atoms with Gasteiger partial charge in [-0.2, -0.15) is 0 Å². The van der Waals surface area contributed by atoms with Crippen LogP contribution in [0.2, 0.25) is 22.2 Å². The number of hydrogen-bond donors (Lipinski definition) is 4. The monoisotopic (exact) mass is 1340 g/mol. The van der Waals surface area contributed by atoms with Crippen LogP contribution in [0, 0.1) is 0 Å². The number of benzene rings is 2. The Morgan fingerprint density at radius 2 is 1.06 bits per heavy atom. The number of nitrogens with one attached hydrogen (secondary N) is 2. The number of aromatic nitrogens is 8. The number of amides is 2. The Labute approximate surface area is 528 Å². The molecule has 89 heavy (non-hydrogen) atoms. The number of thiocarbonyl (C=S) groups is 2. The highest BCUT2D eigenvalue weighted by Gasteiger charge is 2.63. The van der Waals surface area contributed by atoms with Crippen molar-refractivity contribution in [1.82, 2.24) is 48.8 Å². The smallest absolute Gasteiger partial charge is 0.335 e. The number of aliphatic hydroxyl groups excluding tert-OH is 2. The zero-order chi connectivity index (χ0) is 63.7. The minimum Gasteiger partial charge on any atom is -0.460 e. The normalized spacial score (nSPS) is 25.5. The maximum Gasteiger partial charge on any atom is 0.335 e. The SMILES string of the molecule is CC(C)[Si]1(C(C)C)OC[C@H]2O[C@@H](n3cnc4c(NC(=O)c5ccccc5)ncnc43)[C@@H](OC(=S)N3CCS(=O)(=O)CC3)C2O[Si](C(C)C)(C(C)C)O1.O=C(Nc1ncnc2c1ncn2[C@@H]1O[C@H](CO)C(O)[C@@H]1OC(=S)N1CCS(=O)(=O)CC1)c1ccccc1. The molecule has 2 aromatic carbocycles. The highest BCUT2D eigenvalue weighted by Crippen LogP contribution is 2.49. The average molecular weight is 1340 g/mol. The van der Waals surface area contributed by atoms with Crippen LogP contribution < -0.4 is 10.6 Å². The van der Waals surface area contributed by atoms with Crippen LogP contribution >= 0.6 is 24.4 Å². The summed E-state index contributed by atoms with van der Waals surface area (Å²) in [6, 6.07) is 17.5. The number of imidazole rings is 2. The fourth-order valence-electron chi connectivity index (χ4n) is 11.7. The summed E-state index contributed by atoms with van der Waals surface area (Å²) in [4.78, 5) is 55.4. The van der Waals surface area contributed by atoms with Gasteiger partial charge in [-0.3, -0.25) is 18.7 Å². The van der Waals surface area contributed by atoms with Gasteiger partial charge in [-0.05, 0) is 70.9 Å². The van der Waals surface area contributed by atoms with Gasteiger partial charge in [-0.15, -0.1) is 0 Å². The lowest BCUT2D eigenvalue weighted by atomic mass is 10.1. The van der Waals surface area contributed by atoms with Gasteiger partial charge in [-0.25, -0.2) is 46.7 Å². The van der Waals surface area contributed by atoms with Crippen molar-refractivity contribution in [2.75, 3.05) is 73.0 Å². The molecule has 4 N–H and O–H groups in total. The predicted molar refractivity (Wildman–Crippen MR) is 340 cm³/mol. The quantitative estimate of drug-likeness (QED) is 0.0867. The van der Waals surface area contributed by atoms with Crippen molar-refractivity contribution >= 4 is 117 Å². The summed E-state index contributed by atoms with van der Waals surface area (Å²) in [6.07, 6.45) is -1.58. The zero-order valence-corrected chi connectivity index (χ0v) is 55.7. The van der Waals surface area contributed by atoms with E-state index in [2.05, 4.69) is 95.9 Å². The van der Waals surface area contributed by atoms with Gasteiger partial charge < -0.3 is 62.6 Å². The van der Waals surface area contributed by atoms with Crippen LogP contribution in [-0.2, 0) is 51.6 Å². The second kappa shape index (κ2) is 27.0. The van der Waals surface area contributed by atoms with Crippen molar-refractivity contribution in [2.45, 2.75) is 127 Å². The molecule has 6 aromatic rings. The van der Waals surface area contributed by atoms with Crippen LogP contribution in [-0.4, -0.2) is 214 Å². The van der Waals surface area contributed by atoms with E-state index in [4.69, 9.17) is 56.4 Å². The predicted octanol–water partition coefficient (Wildman–Crippen LogP) is 5.06. The van der Waals surface area contributed by atoms with Crippen molar-refractivity contribution in [2.24, 2.45) is 0 Å². The number of nitrogens with zero attached hydrogens (tertiary/aromatic N) is 10. The van der Waals surface area contributed by atoms with Gasteiger partial charge in [0.25, 0.3) is 22.2 Å². The standard InChI is InChI=1S/C34H50N6O8S2Si2.C22H24N6O7S2/c1-21(2)51(22(3)4)44-18-26-28(47-52(48-51,23(5)6)24(7)8)29(46-34(49)39-14-16-50(42,43)17-15-39)33(45-26)40-20-37-27-30(35-19-36-31(27)40)38-32(41)25-12-10-9-11-13-25;29-10-14-16(30)17(35-22(36)27-6-8-37(32,33)9-7-27)21(34-14)28-12-25-15-18(23-11-24-19(15)28)26-20(31)13-4-2-1-3-5-13/h9-13,19-24,26,28-29,33H,14-18H2,1-8H3,(H,35,36,38,41);1-5,11-12,14,16-17,21,29-30H,6-10H2,(H,23,24,26,31)/t26-,28?,29+,33-;14-,16?,17+,21-/m11/s1. The Hall–Kier alpha value is -6.09. The molecule has 0 saturated carbocycles. The lowest BCUT2D eigenvalue weighted by molar-refractivity contribution is -0.0568. The second-order valence-electron chi connectivity index (χ2n) is 23.6. The summed E-state index contributed by atoms with van der Waals surface area (Å²) in [7, 11) is -12.3. The van der Waals surface area contributed by atoms with Crippen molar-refractivity contribution in [3.05, 3.63) is 97.1 Å². The number of sulfone groups is 2. The number of carbonyl (C=O) groups excluding carboxylic acids is 2. The number of carbonyl (C=O) groups is 2. The molecule has 33 heteroatoms. The van der Waals surface area contributed by atoms with Crippen LogP contribution in [0.5, 0.6) is 0 Å². The molecule has 5 fully saturated rings. The molecule has 8 atom stereocenters. The fraction of sp³-hybridized carbons (Fsp3) is 0.536. The first-order chi connectivity index (χ1) is 42.4. The van der Waals surface area contributed by atoms with E-state index in [0.717, 1.165) is 0 Å². The van der Waals surface area contributed by atoms with E-state index >= 15 is 0 Å². The topological polar surface area (TPSA) is 325 Å². The van der Waals surface area contributed by atoms with Crippen LogP contribution in [0.15, 0.2) is 86.0 Å². The molecule has 27 nitrogen and oxygen atoms in total. The van der Waals surface area contributed by atoms with Crippen LogP contribution in [0.1, 0.15) is 88.6 Å². The van der Waals surface area contributed by atoms with E-state index in [0.29, 0.717) is 22.3 Å². The van der Waals surface area contributed by atoms with Gasteiger partial charge in [-0.1, -0.05) is 91.8 Å². The molecule has 5 aliphatic rings. The first-order valence-corrected chi connectivity index (χ1v) is 37.8. The van der Waals surface area contributed by atoms with Crippen molar-refractivity contribution in [1.29, 1.82) is 0 Å². The third kappa shape index (κ3) is 13.8. The number of hydrogen-bond acceptors (Lipinski definition) is 23. The molecule has 0 spiro atoms. The number of ether oxygens (including phenoxy) is 4. The van der Waals surface area contributed by atoms with Crippen LogP contribution in [0.3, 0.4) is 0 Å². The summed E-state index contributed by atoms with van der Waals surface area (Å²) >= 11 is 11.2. The first-order valence-electron chi connectivity index (χ1n) is 29.4.